The number of nitrogens with two attached hydrogens (primary N) is 1. The van der Waals surface area contributed by atoms with Gasteiger partial charge in [0.05, 0.1) is 17.3 Å². The second kappa shape index (κ2) is 10.3. The van der Waals surface area contributed by atoms with Gasteiger partial charge in [-0.05, 0) is 42.0 Å². The van der Waals surface area contributed by atoms with Gasteiger partial charge in [-0.2, -0.15) is 0 Å². The van der Waals surface area contributed by atoms with Gasteiger partial charge in [0.1, 0.15) is 18.4 Å². The highest BCUT2D eigenvalue weighted by atomic mass is 35.5. The summed E-state index contributed by atoms with van der Waals surface area (Å²) < 4.78 is 5.87. The van der Waals surface area contributed by atoms with Crippen LogP contribution in [0.3, 0.4) is 0 Å². The first kappa shape index (κ1) is 21.2. The summed E-state index contributed by atoms with van der Waals surface area (Å²) in [5, 5.41) is 12.0. The van der Waals surface area contributed by atoms with E-state index in [9.17, 15) is 4.79 Å². The van der Waals surface area contributed by atoms with Crippen LogP contribution in [0.2, 0.25) is 5.02 Å². The van der Waals surface area contributed by atoms with Crippen molar-refractivity contribution in [2.45, 2.75) is 22.4 Å². The molecule has 0 aliphatic heterocycles. The quantitative estimate of drug-likeness (QED) is 0.497. The van der Waals surface area contributed by atoms with Gasteiger partial charge in [-0.1, -0.05) is 59.8 Å². The van der Waals surface area contributed by atoms with Crippen molar-refractivity contribution in [2.75, 3.05) is 11.9 Å². The highest BCUT2D eigenvalue weighted by Gasteiger charge is 2.14. The molecule has 4 N–H and O–H groups in total. The van der Waals surface area contributed by atoms with E-state index in [1.54, 1.807) is 12.1 Å². The zero-order valence-electron chi connectivity index (χ0n) is 15.5. The number of carbonyl (C=O) groups excluding carboxylic acids is 1. The Kier molecular flexibility index (Phi) is 7.55. The molecule has 0 fully saturated rings. The van der Waals surface area contributed by atoms with Crippen molar-refractivity contribution in [3.8, 4) is 5.75 Å². The van der Waals surface area contributed by atoms with Gasteiger partial charge in [0.2, 0.25) is 5.91 Å². The number of ether oxygens (including phenoxy) is 1. The van der Waals surface area contributed by atoms with Crippen molar-refractivity contribution in [1.82, 2.24) is 0 Å². The Hall–Kier alpha value is -2.51. The topological polar surface area (TPSA) is 84.6 Å². The molecule has 7 heteroatoms. The second-order valence-corrected chi connectivity index (χ2v) is 7.83. The molecular formula is C22H21ClN2O3S. The number of benzene rings is 3. The van der Waals surface area contributed by atoms with Gasteiger partial charge in [0, 0.05) is 9.79 Å². The van der Waals surface area contributed by atoms with Crippen molar-refractivity contribution in [3.05, 3.63) is 83.4 Å². The number of anilines is 1. The molecular weight excluding hydrogens is 408 g/mol. The fourth-order valence-corrected chi connectivity index (χ4v) is 3.67. The number of rotatable bonds is 8. The highest BCUT2D eigenvalue weighted by molar-refractivity contribution is 7.99. The first-order valence-corrected chi connectivity index (χ1v) is 10.2. The van der Waals surface area contributed by atoms with Crippen molar-refractivity contribution in [3.63, 3.8) is 0 Å². The summed E-state index contributed by atoms with van der Waals surface area (Å²) in [6.45, 7) is 0.0746. The van der Waals surface area contributed by atoms with Crippen LogP contribution in [0.15, 0.2) is 82.6 Å². The molecule has 150 valence electrons. The lowest BCUT2D eigenvalue weighted by molar-refractivity contribution is -0.118. The lowest BCUT2D eigenvalue weighted by atomic mass is 10.2. The Labute approximate surface area is 178 Å². The molecule has 0 aromatic heterocycles. The predicted octanol–water partition coefficient (Wildman–Crippen LogP) is 4.33. The van der Waals surface area contributed by atoms with Crippen molar-refractivity contribution >= 4 is 35.0 Å². The molecule has 3 aromatic carbocycles. The molecule has 1 atom stereocenters. The lowest BCUT2D eigenvalue weighted by Crippen LogP contribution is -2.38. The summed E-state index contributed by atoms with van der Waals surface area (Å²) in [4.78, 5) is 13.7. The normalized spacial score (nSPS) is 11.7. The number of aliphatic hydroxyl groups is 1. The number of aliphatic hydroxyl groups excluding tert-OH is 1. The summed E-state index contributed by atoms with van der Waals surface area (Å²) in [7, 11) is 0. The van der Waals surface area contributed by atoms with Gasteiger partial charge in [-0.25, -0.2) is 0 Å². The third kappa shape index (κ3) is 6.24. The number of carbonyl (C=O) groups is 1. The largest absolute Gasteiger partial charge is 0.489 e. The Morgan fingerprint density at radius 1 is 1.07 bits per heavy atom. The lowest BCUT2D eigenvalue weighted by Gasteiger charge is -2.12. The van der Waals surface area contributed by atoms with Crippen LogP contribution >= 0.6 is 23.4 Å². The van der Waals surface area contributed by atoms with Crippen LogP contribution in [0.4, 0.5) is 5.69 Å². The fraction of sp³-hybridized carbons (Fsp3) is 0.136. The van der Waals surface area contributed by atoms with Crippen molar-refractivity contribution in [1.29, 1.82) is 0 Å². The van der Waals surface area contributed by atoms with Gasteiger partial charge in [-0.15, -0.1) is 0 Å². The monoisotopic (exact) mass is 428 g/mol. The predicted molar refractivity (Wildman–Crippen MR) is 116 cm³/mol. The summed E-state index contributed by atoms with van der Waals surface area (Å²) >= 11 is 7.81. The molecule has 0 heterocycles. The molecule has 0 saturated carbocycles. The van der Waals surface area contributed by atoms with Gasteiger partial charge < -0.3 is 20.9 Å². The Balaban J connectivity index is 1.64. The molecule has 0 aliphatic carbocycles. The van der Waals surface area contributed by atoms with E-state index in [0.29, 0.717) is 17.3 Å². The Morgan fingerprint density at radius 2 is 1.83 bits per heavy atom. The molecule has 1 amide bonds. The first-order chi connectivity index (χ1) is 14.0. The van der Waals surface area contributed by atoms with Crippen LogP contribution in [0.1, 0.15) is 5.56 Å². The third-order valence-corrected chi connectivity index (χ3v) is 5.31. The fourth-order valence-electron chi connectivity index (χ4n) is 2.47. The van der Waals surface area contributed by atoms with E-state index >= 15 is 0 Å². The minimum Gasteiger partial charge on any atom is -0.489 e. The zero-order chi connectivity index (χ0) is 20.6. The molecule has 0 spiro atoms. The summed E-state index contributed by atoms with van der Waals surface area (Å²) in [5.74, 6) is 0.296. The highest BCUT2D eigenvalue weighted by Crippen LogP contribution is 2.34. The van der Waals surface area contributed by atoms with Crippen LogP contribution < -0.4 is 15.8 Å². The zero-order valence-corrected chi connectivity index (χ0v) is 17.1. The molecule has 0 saturated heterocycles. The van der Waals surface area contributed by atoms with Gasteiger partial charge in [-0.3, -0.25) is 4.79 Å². The van der Waals surface area contributed by atoms with E-state index in [2.05, 4.69) is 5.32 Å². The average Bonchev–Trinajstić information content (AvgIpc) is 2.74. The molecule has 0 unspecified atom stereocenters. The molecule has 0 aliphatic rings. The van der Waals surface area contributed by atoms with Crippen LogP contribution in [0, 0.1) is 0 Å². The van der Waals surface area contributed by atoms with Gasteiger partial charge >= 0.3 is 0 Å². The van der Waals surface area contributed by atoms with Crippen LogP contribution in [-0.4, -0.2) is 23.7 Å². The van der Waals surface area contributed by atoms with E-state index in [4.69, 9.17) is 27.2 Å². The minimum absolute atomic E-state index is 0.393. The standard InChI is InChI=1S/C22H21ClN2O3S/c23-19-12-18(9-10-21(19)25-22(27)20(24)13-26)29-17-8-4-7-16(11-17)28-14-15-5-2-1-3-6-15/h1-12,20,26H,13-14,24H2,(H,25,27)/t20-/m0/s1. The molecule has 5 nitrogen and oxygen atoms in total. The third-order valence-electron chi connectivity index (χ3n) is 4.02. The average molecular weight is 429 g/mol. The SMILES string of the molecule is N[C@@H](CO)C(=O)Nc1ccc(Sc2cccc(OCc3ccccc3)c2)cc1Cl. The van der Waals surface area contributed by atoms with Crippen LogP contribution in [0.5, 0.6) is 5.75 Å². The maximum absolute atomic E-state index is 11.8. The van der Waals surface area contributed by atoms with E-state index in [0.717, 1.165) is 21.1 Å². The smallest absolute Gasteiger partial charge is 0.243 e. The Bertz CT molecular complexity index is 969. The molecule has 0 radical (unpaired) electrons. The van der Waals surface area contributed by atoms with E-state index in [-0.39, 0.29) is 0 Å². The maximum atomic E-state index is 11.8. The summed E-state index contributed by atoms with van der Waals surface area (Å²) in [6, 6.07) is 22.2. The van der Waals surface area contributed by atoms with E-state index < -0.39 is 18.6 Å². The number of hydrogen-bond donors (Lipinski definition) is 3. The Morgan fingerprint density at radius 3 is 2.55 bits per heavy atom. The molecule has 3 aromatic rings. The number of nitrogens with one attached hydrogen (secondary N) is 1. The first-order valence-electron chi connectivity index (χ1n) is 8.96. The van der Waals surface area contributed by atoms with E-state index in [1.165, 1.54) is 11.8 Å². The van der Waals surface area contributed by atoms with Crippen LogP contribution in [0.25, 0.3) is 0 Å². The van der Waals surface area contributed by atoms with Crippen molar-refractivity contribution < 1.29 is 14.6 Å². The number of halogens is 1. The molecule has 29 heavy (non-hydrogen) atoms. The van der Waals surface area contributed by atoms with Gasteiger partial charge in [0.25, 0.3) is 0 Å². The van der Waals surface area contributed by atoms with E-state index in [1.807, 2.05) is 60.7 Å². The summed E-state index contributed by atoms with van der Waals surface area (Å²) in [6.07, 6.45) is 0. The second-order valence-electron chi connectivity index (χ2n) is 6.27. The summed E-state index contributed by atoms with van der Waals surface area (Å²) in [5.41, 5.74) is 7.06. The van der Waals surface area contributed by atoms with Crippen LogP contribution in [-0.2, 0) is 11.4 Å². The number of amides is 1. The molecule has 3 rings (SSSR count). The van der Waals surface area contributed by atoms with Gasteiger partial charge in [0.15, 0.2) is 0 Å². The maximum Gasteiger partial charge on any atom is 0.243 e. The minimum atomic E-state index is -0.987. The number of hydrogen-bond acceptors (Lipinski definition) is 5. The van der Waals surface area contributed by atoms with Crippen molar-refractivity contribution in [2.24, 2.45) is 5.73 Å². The molecule has 0 bridgehead atoms.